The Labute approximate surface area is 143 Å². The van der Waals surface area contributed by atoms with Crippen molar-refractivity contribution < 1.29 is 14.3 Å². The molecular weight excluding hydrogens is 304 g/mol. The molecule has 1 atom stereocenters. The van der Waals surface area contributed by atoms with Crippen molar-refractivity contribution in [2.45, 2.75) is 38.0 Å². The van der Waals surface area contributed by atoms with Crippen molar-refractivity contribution in [3.8, 4) is 5.75 Å². The number of carbonyl (C=O) groups is 2. The fourth-order valence-electron chi connectivity index (χ4n) is 3.82. The monoisotopic (exact) mass is 330 g/mol. The predicted molar refractivity (Wildman–Crippen MR) is 91.9 cm³/mol. The molecule has 5 heteroatoms. The highest BCUT2D eigenvalue weighted by Crippen LogP contribution is 2.40. The zero-order valence-corrected chi connectivity index (χ0v) is 14.5. The molecule has 0 radical (unpaired) electrons. The first-order valence-corrected chi connectivity index (χ1v) is 8.77. The van der Waals surface area contributed by atoms with E-state index in [0.717, 1.165) is 37.2 Å². The Bertz CT molecular complexity index is 623. The van der Waals surface area contributed by atoms with E-state index in [1.54, 1.807) is 7.05 Å². The molecule has 2 amide bonds. The van der Waals surface area contributed by atoms with Gasteiger partial charge in [-0.1, -0.05) is 18.2 Å². The van der Waals surface area contributed by atoms with Gasteiger partial charge < -0.3 is 15.0 Å². The van der Waals surface area contributed by atoms with Gasteiger partial charge in [0.15, 0.2) is 0 Å². The number of amides is 2. The Kier molecular flexibility index (Phi) is 4.78. The molecule has 1 N–H and O–H groups in total. The van der Waals surface area contributed by atoms with Crippen LogP contribution >= 0.6 is 0 Å². The van der Waals surface area contributed by atoms with E-state index in [9.17, 15) is 9.59 Å². The van der Waals surface area contributed by atoms with Crippen molar-refractivity contribution in [3.63, 3.8) is 0 Å². The Morgan fingerprint density at radius 3 is 2.71 bits per heavy atom. The molecule has 24 heavy (non-hydrogen) atoms. The number of para-hydroxylation sites is 1. The molecule has 3 rings (SSSR count). The minimum absolute atomic E-state index is 0.0881. The summed E-state index contributed by atoms with van der Waals surface area (Å²) in [4.78, 5) is 26.7. The quantitative estimate of drug-likeness (QED) is 0.923. The summed E-state index contributed by atoms with van der Waals surface area (Å²) < 4.78 is 5.71. The fourth-order valence-corrected chi connectivity index (χ4v) is 3.82. The number of ether oxygens (including phenoxy) is 1. The molecule has 1 aromatic carbocycles. The van der Waals surface area contributed by atoms with Crippen LogP contribution in [0.5, 0.6) is 5.75 Å². The van der Waals surface area contributed by atoms with Crippen LogP contribution in [0.4, 0.5) is 0 Å². The number of nitrogens with one attached hydrogen (secondary N) is 1. The molecular formula is C19H26N2O3. The maximum Gasteiger partial charge on any atom is 0.233 e. The zero-order chi connectivity index (χ0) is 17.2. The number of hydrogen-bond acceptors (Lipinski definition) is 3. The van der Waals surface area contributed by atoms with Gasteiger partial charge in [-0.3, -0.25) is 9.59 Å². The minimum atomic E-state index is -0.511. The molecule has 0 aliphatic carbocycles. The lowest BCUT2D eigenvalue weighted by molar-refractivity contribution is -0.139. The molecule has 2 aliphatic rings. The van der Waals surface area contributed by atoms with E-state index in [0.29, 0.717) is 25.4 Å². The smallest absolute Gasteiger partial charge is 0.233 e. The lowest BCUT2D eigenvalue weighted by Crippen LogP contribution is -2.50. The average Bonchev–Trinajstić information content (AvgIpc) is 2.62. The van der Waals surface area contributed by atoms with Crippen molar-refractivity contribution >= 4 is 11.8 Å². The average molecular weight is 330 g/mol. The second kappa shape index (κ2) is 6.83. The van der Waals surface area contributed by atoms with Gasteiger partial charge in [-0.15, -0.1) is 0 Å². The van der Waals surface area contributed by atoms with Crippen LogP contribution in [0, 0.1) is 5.92 Å². The number of fused-ring (bicyclic) bond motifs is 1. The molecule has 1 saturated heterocycles. The summed E-state index contributed by atoms with van der Waals surface area (Å²) in [7, 11) is 1.67. The summed E-state index contributed by atoms with van der Waals surface area (Å²) in [6, 6.07) is 7.86. The molecule has 1 aromatic rings. The van der Waals surface area contributed by atoms with E-state index >= 15 is 0 Å². The van der Waals surface area contributed by atoms with E-state index in [2.05, 4.69) is 5.32 Å². The van der Waals surface area contributed by atoms with Crippen molar-refractivity contribution in [2.24, 2.45) is 5.92 Å². The normalized spacial score (nSPS) is 24.0. The first-order valence-electron chi connectivity index (χ1n) is 8.77. The van der Waals surface area contributed by atoms with Crippen LogP contribution in [0.15, 0.2) is 24.3 Å². The van der Waals surface area contributed by atoms with Crippen molar-refractivity contribution in [3.05, 3.63) is 29.8 Å². The van der Waals surface area contributed by atoms with E-state index in [4.69, 9.17) is 4.74 Å². The maximum atomic E-state index is 13.2. The maximum absolute atomic E-state index is 13.2. The number of rotatable bonds is 3. The molecule has 2 heterocycles. The number of benzene rings is 1. The van der Waals surface area contributed by atoms with E-state index in [1.807, 2.05) is 36.1 Å². The highest BCUT2D eigenvalue weighted by molar-refractivity contribution is 5.89. The zero-order valence-electron chi connectivity index (χ0n) is 14.5. The molecule has 1 fully saturated rings. The Morgan fingerprint density at radius 1 is 1.29 bits per heavy atom. The van der Waals surface area contributed by atoms with Crippen LogP contribution in [0.1, 0.15) is 38.2 Å². The first-order chi connectivity index (χ1) is 11.5. The van der Waals surface area contributed by atoms with Gasteiger partial charge in [-0.05, 0) is 38.2 Å². The number of carbonyl (C=O) groups excluding carboxylic acids is 2. The fraction of sp³-hybridized carbons (Fsp3) is 0.579. The van der Waals surface area contributed by atoms with Crippen LogP contribution < -0.4 is 10.1 Å². The van der Waals surface area contributed by atoms with E-state index < -0.39 is 5.41 Å². The lowest BCUT2D eigenvalue weighted by Gasteiger charge is -2.41. The second-order valence-electron chi connectivity index (χ2n) is 7.04. The molecule has 0 aromatic heterocycles. The Hall–Kier alpha value is -2.04. The first kappa shape index (κ1) is 16.8. The van der Waals surface area contributed by atoms with Gasteiger partial charge in [0.2, 0.25) is 11.8 Å². The number of hydrogen-bond donors (Lipinski definition) is 1. The molecule has 0 unspecified atom stereocenters. The largest absolute Gasteiger partial charge is 0.493 e. The molecule has 0 saturated carbocycles. The van der Waals surface area contributed by atoms with Gasteiger partial charge in [0.25, 0.3) is 0 Å². The summed E-state index contributed by atoms with van der Waals surface area (Å²) in [5.74, 6) is 1.49. The lowest BCUT2D eigenvalue weighted by atomic mass is 9.76. The van der Waals surface area contributed by atoms with Crippen LogP contribution in [-0.2, 0) is 15.0 Å². The SMILES string of the molecule is CNC(=O)CC1CCN(C(=O)[C@]2(C)CCOc3ccccc32)CC1. The third-order valence-corrected chi connectivity index (χ3v) is 5.47. The van der Waals surface area contributed by atoms with Gasteiger partial charge in [-0.25, -0.2) is 0 Å². The van der Waals surface area contributed by atoms with Crippen molar-refractivity contribution in [1.29, 1.82) is 0 Å². The minimum Gasteiger partial charge on any atom is -0.493 e. The molecule has 0 bridgehead atoms. The predicted octanol–water partition coefficient (Wildman–Crippen LogP) is 2.10. The standard InChI is InChI=1S/C19H26N2O3/c1-19(9-12-24-16-6-4-3-5-15(16)19)18(23)21-10-7-14(8-11-21)13-17(22)20-2/h3-6,14H,7-13H2,1-2H3,(H,20,22)/t19-/m1/s1. The van der Waals surface area contributed by atoms with Gasteiger partial charge >= 0.3 is 0 Å². The number of likely N-dealkylation sites (tertiary alicyclic amines) is 1. The summed E-state index contributed by atoms with van der Waals surface area (Å²) in [6.45, 7) is 4.08. The number of piperidine rings is 1. The summed E-state index contributed by atoms with van der Waals surface area (Å²) in [5.41, 5.74) is 0.483. The number of nitrogens with zero attached hydrogens (tertiary/aromatic N) is 1. The topological polar surface area (TPSA) is 58.6 Å². The van der Waals surface area contributed by atoms with E-state index in [-0.39, 0.29) is 11.8 Å². The third-order valence-electron chi connectivity index (χ3n) is 5.47. The van der Waals surface area contributed by atoms with Gasteiger partial charge in [0.1, 0.15) is 5.75 Å². The summed E-state index contributed by atoms with van der Waals surface area (Å²) in [5, 5.41) is 2.68. The second-order valence-corrected chi connectivity index (χ2v) is 7.04. The van der Waals surface area contributed by atoms with Crippen LogP contribution in [0.3, 0.4) is 0 Å². The molecule has 5 nitrogen and oxygen atoms in total. The third kappa shape index (κ3) is 3.12. The van der Waals surface area contributed by atoms with Crippen molar-refractivity contribution in [1.82, 2.24) is 10.2 Å². The summed E-state index contributed by atoms with van der Waals surface area (Å²) >= 11 is 0. The molecule has 2 aliphatic heterocycles. The van der Waals surface area contributed by atoms with Crippen LogP contribution in [0.2, 0.25) is 0 Å². The molecule has 130 valence electrons. The van der Waals surface area contributed by atoms with Gasteiger partial charge in [0.05, 0.1) is 12.0 Å². The van der Waals surface area contributed by atoms with Crippen LogP contribution in [0.25, 0.3) is 0 Å². The van der Waals surface area contributed by atoms with Gasteiger partial charge in [0, 0.05) is 32.1 Å². The highest BCUT2D eigenvalue weighted by atomic mass is 16.5. The van der Waals surface area contributed by atoms with E-state index in [1.165, 1.54) is 0 Å². The van der Waals surface area contributed by atoms with Gasteiger partial charge in [-0.2, -0.15) is 0 Å². The highest BCUT2D eigenvalue weighted by Gasteiger charge is 2.43. The Morgan fingerprint density at radius 2 is 2.00 bits per heavy atom. The van der Waals surface area contributed by atoms with Crippen molar-refractivity contribution in [2.75, 3.05) is 26.7 Å². The summed E-state index contributed by atoms with van der Waals surface area (Å²) in [6.07, 6.45) is 3.06. The van der Waals surface area contributed by atoms with Crippen LogP contribution in [-0.4, -0.2) is 43.5 Å². The Balaban J connectivity index is 1.69. The molecule has 0 spiro atoms.